The van der Waals surface area contributed by atoms with Gasteiger partial charge in [0.2, 0.25) is 5.91 Å². The van der Waals surface area contributed by atoms with E-state index >= 15 is 0 Å². The van der Waals surface area contributed by atoms with Crippen LogP contribution in [0.15, 0.2) is 24.3 Å². The van der Waals surface area contributed by atoms with E-state index in [1.165, 1.54) is 12.8 Å². The van der Waals surface area contributed by atoms with Crippen molar-refractivity contribution in [2.45, 2.75) is 26.2 Å². The van der Waals surface area contributed by atoms with Gasteiger partial charge in [-0.25, -0.2) is 0 Å². The van der Waals surface area contributed by atoms with Gasteiger partial charge >= 0.3 is 0 Å². The zero-order valence-electron chi connectivity index (χ0n) is 11.9. The standard InChI is InChI=1S/C15H22N2O2.ClH/c1-2-11-19-14-8-4-3-7-13(14)16-15(18)12-17-9-5-6-10-17;/h3-4,7-8H,2,5-6,9-12H2,1H3,(H,16,18);1H. The molecule has 1 heterocycles. The van der Waals surface area contributed by atoms with Gasteiger partial charge in [-0.05, 0) is 44.5 Å². The molecule has 0 bridgehead atoms. The Morgan fingerprint density at radius 2 is 2.00 bits per heavy atom. The first-order valence-electron chi connectivity index (χ1n) is 7.03. The van der Waals surface area contributed by atoms with Crippen molar-refractivity contribution >= 4 is 24.0 Å². The zero-order chi connectivity index (χ0) is 13.5. The molecule has 1 saturated heterocycles. The molecular formula is C15H23ClN2O2. The largest absolute Gasteiger partial charge is 0.491 e. The van der Waals surface area contributed by atoms with Crippen LogP contribution in [-0.4, -0.2) is 37.0 Å². The normalized spacial score (nSPS) is 14.7. The molecule has 0 spiro atoms. The Balaban J connectivity index is 0.00000200. The van der Waals surface area contributed by atoms with E-state index in [0.717, 1.165) is 30.9 Å². The highest BCUT2D eigenvalue weighted by atomic mass is 35.5. The molecule has 1 amide bonds. The van der Waals surface area contributed by atoms with Crippen molar-refractivity contribution in [3.63, 3.8) is 0 Å². The molecule has 1 aromatic rings. The fourth-order valence-electron chi connectivity index (χ4n) is 2.24. The van der Waals surface area contributed by atoms with Gasteiger partial charge in [0.15, 0.2) is 0 Å². The van der Waals surface area contributed by atoms with Crippen molar-refractivity contribution in [3.05, 3.63) is 24.3 Å². The van der Waals surface area contributed by atoms with Crippen LogP contribution >= 0.6 is 12.4 Å². The number of halogens is 1. The van der Waals surface area contributed by atoms with Crippen molar-refractivity contribution in [1.82, 2.24) is 4.90 Å². The first-order valence-corrected chi connectivity index (χ1v) is 7.03. The molecular weight excluding hydrogens is 276 g/mol. The number of nitrogens with zero attached hydrogens (tertiary/aromatic N) is 1. The quantitative estimate of drug-likeness (QED) is 0.878. The Bertz CT molecular complexity index is 420. The first-order chi connectivity index (χ1) is 9.29. The Morgan fingerprint density at radius 1 is 1.30 bits per heavy atom. The number of likely N-dealkylation sites (tertiary alicyclic amines) is 1. The van der Waals surface area contributed by atoms with E-state index < -0.39 is 0 Å². The maximum atomic E-state index is 12.0. The predicted octanol–water partition coefficient (Wildman–Crippen LogP) is 2.93. The minimum absolute atomic E-state index is 0. The molecule has 0 aliphatic carbocycles. The highest BCUT2D eigenvalue weighted by Crippen LogP contribution is 2.23. The predicted molar refractivity (Wildman–Crippen MR) is 83.8 cm³/mol. The Labute approximate surface area is 126 Å². The van der Waals surface area contributed by atoms with E-state index in [4.69, 9.17) is 4.74 Å². The summed E-state index contributed by atoms with van der Waals surface area (Å²) in [4.78, 5) is 14.2. The molecule has 1 aliphatic rings. The number of carbonyl (C=O) groups is 1. The molecule has 112 valence electrons. The van der Waals surface area contributed by atoms with Crippen LogP contribution < -0.4 is 10.1 Å². The molecule has 0 aromatic heterocycles. The van der Waals surface area contributed by atoms with E-state index in [9.17, 15) is 4.79 Å². The van der Waals surface area contributed by atoms with Crippen LogP contribution in [0.5, 0.6) is 5.75 Å². The van der Waals surface area contributed by atoms with Crippen LogP contribution in [0.3, 0.4) is 0 Å². The number of nitrogens with one attached hydrogen (secondary N) is 1. The van der Waals surface area contributed by atoms with Crippen molar-refractivity contribution in [1.29, 1.82) is 0 Å². The monoisotopic (exact) mass is 298 g/mol. The summed E-state index contributed by atoms with van der Waals surface area (Å²) >= 11 is 0. The fraction of sp³-hybridized carbons (Fsp3) is 0.533. The minimum atomic E-state index is 0. The van der Waals surface area contributed by atoms with Gasteiger partial charge in [-0.3, -0.25) is 9.69 Å². The lowest BCUT2D eigenvalue weighted by Crippen LogP contribution is -2.31. The molecule has 0 unspecified atom stereocenters. The van der Waals surface area contributed by atoms with Crippen LogP contribution in [0.2, 0.25) is 0 Å². The van der Waals surface area contributed by atoms with Gasteiger partial charge in [0.1, 0.15) is 5.75 Å². The van der Waals surface area contributed by atoms with Gasteiger partial charge in [0.25, 0.3) is 0 Å². The Hall–Kier alpha value is -1.26. The third kappa shape index (κ3) is 5.02. The van der Waals surface area contributed by atoms with Gasteiger partial charge in [0.05, 0.1) is 18.8 Å². The van der Waals surface area contributed by atoms with Gasteiger partial charge in [-0.1, -0.05) is 19.1 Å². The number of anilines is 1. The summed E-state index contributed by atoms with van der Waals surface area (Å²) in [5, 5.41) is 2.94. The van der Waals surface area contributed by atoms with E-state index in [1.54, 1.807) is 0 Å². The molecule has 1 aliphatic heterocycles. The van der Waals surface area contributed by atoms with Crippen LogP contribution in [-0.2, 0) is 4.79 Å². The van der Waals surface area contributed by atoms with Crippen LogP contribution in [0.1, 0.15) is 26.2 Å². The summed E-state index contributed by atoms with van der Waals surface area (Å²) in [7, 11) is 0. The summed E-state index contributed by atoms with van der Waals surface area (Å²) in [6.45, 7) is 5.26. The maximum absolute atomic E-state index is 12.0. The van der Waals surface area contributed by atoms with E-state index in [0.29, 0.717) is 13.2 Å². The lowest BCUT2D eigenvalue weighted by Gasteiger charge is -2.16. The van der Waals surface area contributed by atoms with Crippen LogP contribution in [0.4, 0.5) is 5.69 Å². The van der Waals surface area contributed by atoms with Gasteiger partial charge in [-0.15, -0.1) is 12.4 Å². The van der Waals surface area contributed by atoms with Gasteiger partial charge < -0.3 is 10.1 Å². The molecule has 20 heavy (non-hydrogen) atoms. The third-order valence-corrected chi connectivity index (χ3v) is 3.19. The van der Waals surface area contributed by atoms with E-state index in [1.807, 2.05) is 24.3 Å². The summed E-state index contributed by atoms with van der Waals surface area (Å²) in [5.74, 6) is 0.786. The number of carbonyl (C=O) groups excluding carboxylic acids is 1. The third-order valence-electron chi connectivity index (χ3n) is 3.19. The molecule has 1 aromatic carbocycles. The van der Waals surface area contributed by atoms with Crippen molar-refractivity contribution < 1.29 is 9.53 Å². The summed E-state index contributed by atoms with van der Waals surface area (Å²) in [6, 6.07) is 7.60. The lowest BCUT2D eigenvalue weighted by atomic mass is 10.3. The average Bonchev–Trinajstić information content (AvgIpc) is 2.90. The van der Waals surface area contributed by atoms with Gasteiger partial charge in [0, 0.05) is 0 Å². The molecule has 1 fully saturated rings. The summed E-state index contributed by atoms with van der Waals surface area (Å²) in [5.41, 5.74) is 0.764. The lowest BCUT2D eigenvalue weighted by molar-refractivity contribution is -0.117. The molecule has 1 N–H and O–H groups in total. The number of amides is 1. The molecule has 2 rings (SSSR count). The highest BCUT2D eigenvalue weighted by molar-refractivity contribution is 5.93. The van der Waals surface area contributed by atoms with Crippen molar-refractivity contribution in [3.8, 4) is 5.75 Å². The molecule has 0 saturated carbocycles. The number of ether oxygens (including phenoxy) is 1. The van der Waals surface area contributed by atoms with Crippen LogP contribution in [0.25, 0.3) is 0 Å². The number of rotatable bonds is 6. The summed E-state index contributed by atoms with van der Waals surface area (Å²) in [6.07, 6.45) is 3.35. The maximum Gasteiger partial charge on any atom is 0.238 e. The number of hydrogen-bond donors (Lipinski definition) is 1. The smallest absolute Gasteiger partial charge is 0.238 e. The van der Waals surface area contributed by atoms with E-state index in [-0.39, 0.29) is 18.3 Å². The van der Waals surface area contributed by atoms with Gasteiger partial charge in [-0.2, -0.15) is 0 Å². The second-order valence-electron chi connectivity index (χ2n) is 4.88. The Morgan fingerprint density at radius 3 is 2.70 bits per heavy atom. The van der Waals surface area contributed by atoms with Crippen molar-refractivity contribution in [2.75, 3.05) is 31.6 Å². The zero-order valence-corrected chi connectivity index (χ0v) is 12.7. The summed E-state index contributed by atoms with van der Waals surface area (Å²) < 4.78 is 5.63. The van der Waals surface area contributed by atoms with Crippen molar-refractivity contribution in [2.24, 2.45) is 0 Å². The fourth-order valence-corrected chi connectivity index (χ4v) is 2.24. The molecule has 0 radical (unpaired) electrons. The molecule has 4 nitrogen and oxygen atoms in total. The van der Waals surface area contributed by atoms with E-state index in [2.05, 4.69) is 17.1 Å². The first kappa shape index (κ1) is 16.8. The number of para-hydroxylation sites is 2. The second kappa shape index (κ2) is 8.82. The van der Waals surface area contributed by atoms with Crippen LogP contribution in [0, 0.1) is 0 Å². The second-order valence-corrected chi connectivity index (χ2v) is 4.88. The number of benzene rings is 1. The highest BCUT2D eigenvalue weighted by Gasteiger charge is 2.15. The molecule has 5 heteroatoms. The average molecular weight is 299 g/mol. The molecule has 0 atom stereocenters. The SMILES string of the molecule is CCCOc1ccccc1NC(=O)CN1CCCC1.Cl. The topological polar surface area (TPSA) is 41.6 Å². The Kier molecular flexibility index (Phi) is 7.41. The minimum Gasteiger partial charge on any atom is -0.491 e. The number of hydrogen-bond acceptors (Lipinski definition) is 3.